The van der Waals surface area contributed by atoms with Gasteiger partial charge in [0.25, 0.3) is 0 Å². The Morgan fingerprint density at radius 3 is 2.79 bits per heavy atom. The number of hydrogen-bond donors (Lipinski definition) is 2. The van der Waals surface area contributed by atoms with Crippen LogP contribution in [0.25, 0.3) is 0 Å². The third kappa shape index (κ3) is 4.15. The molecular formula is C16H23N5O3. The molecule has 0 radical (unpaired) electrons. The van der Waals surface area contributed by atoms with Crippen LogP contribution in [0.3, 0.4) is 0 Å². The number of rotatable bonds is 7. The van der Waals surface area contributed by atoms with Crippen LogP contribution in [0.4, 0.5) is 4.79 Å². The highest BCUT2D eigenvalue weighted by atomic mass is 16.5. The van der Waals surface area contributed by atoms with Gasteiger partial charge in [0.05, 0.1) is 26.8 Å². The molecule has 1 heterocycles. The van der Waals surface area contributed by atoms with Crippen LogP contribution >= 0.6 is 0 Å². The molecule has 0 aliphatic heterocycles. The van der Waals surface area contributed by atoms with E-state index in [2.05, 4.69) is 20.8 Å². The number of hydrogen-bond acceptors (Lipinski definition) is 5. The Bertz CT molecular complexity index is 686. The third-order valence-corrected chi connectivity index (χ3v) is 3.69. The summed E-state index contributed by atoms with van der Waals surface area (Å²) in [5, 5.41) is 13.5. The molecule has 2 aromatic rings. The van der Waals surface area contributed by atoms with Crippen molar-refractivity contribution in [2.24, 2.45) is 0 Å². The van der Waals surface area contributed by atoms with Gasteiger partial charge in [-0.25, -0.2) is 4.79 Å². The second kappa shape index (κ2) is 8.19. The minimum atomic E-state index is -0.293. The quantitative estimate of drug-likeness (QED) is 0.807. The molecule has 0 aliphatic rings. The lowest BCUT2D eigenvalue weighted by Gasteiger charge is -2.18. The SMILES string of the molecule is CCn1cnnc1CNC(=O)N[C@@H](C)c1cc(OC)ccc1OC. The standard InChI is InChI=1S/C16H23N5O3/c1-5-21-10-18-20-15(21)9-17-16(22)19-11(2)13-8-12(23-3)6-7-14(13)24-4/h6-8,10-11H,5,9H2,1-4H3,(H2,17,19,22)/t11-/m0/s1. The first-order valence-electron chi connectivity index (χ1n) is 7.72. The normalized spacial score (nSPS) is 11.7. The summed E-state index contributed by atoms with van der Waals surface area (Å²) in [6, 6.07) is 4.93. The summed E-state index contributed by atoms with van der Waals surface area (Å²) in [6.45, 7) is 4.93. The van der Waals surface area contributed by atoms with Gasteiger partial charge in [-0.2, -0.15) is 0 Å². The van der Waals surface area contributed by atoms with Gasteiger partial charge in [0, 0.05) is 12.1 Å². The average molecular weight is 333 g/mol. The zero-order valence-corrected chi connectivity index (χ0v) is 14.4. The van der Waals surface area contributed by atoms with Crippen LogP contribution in [0.5, 0.6) is 11.5 Å². The van der Waals surface area contributed by atoms with Crippen molar-refractivity contribution in [1.82, 2.24) is 25.4 Å². The molecule has 2 rings (SSSR count). The lowest BCUT2D eigenvalue weighted by molar-refractivity contribution is 0.237. The van der Waals surface area contributed by atoms with Crippen molar-refractivity contribution in [1.29, 1.82) is 0 Å². The maximum Gasteiger partial charge on any atom is 0.315 e. The number of amides is 2. The number of carbonyl (C=O) groups is 1. The summed E-state index contributed by atoms with van der Waals surface area (Å²) in [5.41, 5.74) is 0.837. The van der Waals surface area contributed by atoms with Crippen molar-refractivity contribution in [2.75, 3.05) is 14.2 Å². The molecule has 1 aromatic heterocycles. The largest absolute Gasteiger partial charge is 0.497 e. The Kier molecular flexibility index (Phi) is 6.00. The molecule has 2 amide bonds. The van der Waals surface area contributed by atoms with E-state index >= 15 is 0 Å². The fourth-order valence-electron chi connectivity index (χ4n) is 2.34. The Morgan fingerprint density at radius 2 is 2.12 bits per heavy atom. The molecular weight excluding hydrogens is 310 g/mol. The average Bonchev–Trinajstić information content (AvgIpc) is 3.06. The molecule has 2 N–H and O–H groups in total. The minimum Gasteiger partial charge on any atom is -0.497 e. The first-order valence-corrected chi connectivity index (χ1v) is 7.72. The van der Waals surface area contributed by atoms with Gasteiger partial charge in [0.1, 0.15) is 17.8 Å². The molecule has 0 aliphatic carbocycles. The topological polar surface area (TPSA) is 90.3 Å². The van der Waals surface area contributed by atoms with Crippen molar-refractivity contribution in [3.8, 4) is 11.5 Å². The zero-order valence-electron chi connectivity index (χ0n) is 14.4. The highest BCUT2D eigenvalue weighted by molar-refractivity contribution is 5.74. The van der Waals surface area contributed by atoms with Crippen LogP contribution in [-0.2, 0) is 13.1 Å². The molecule has 0 spiro atoms. The molecule has 0 fully saturated rings. The second-order valence-corrected chi connectivity index (χ2v) is 5.19. The van der Waals surface area contributed by atoms with E-state index in [9.17, 15) is 4.79 Å². The molecule has 130 valence electrons. The summed E-state index contributed by atoms with van der Waals surface area (Å²) in [5.74, 6) is 2.10. The molecule has 1 atom stereocenters. The van der Waals surface area contributed by atoms with Gasteiger partial charge in [0.15, 0.2) is 5.82 Å². The van der Waals surface area contributed by atoms with E-state index in [0.717, 1.165) is 12.1 Å². The lowest BCUT2D eigenvalue weighted by Crippen LogP contribution is -2.37. The van der Waals surface area contributed by atoms with Crippen LogP contribution in [-0.4, -0.2) is 35.0 Å². The van der Waals surface area contributed by atoms with Gasteiger partial charge < -0.3 is 24.7 Å². The van der Waals surface area contributed by atoms with Crippen molar-refractivity contribution in [2.45, 2.75) is 33.0 Å². The fraction of sp³-hybridized carbons (Fsp3) is 0.438. The first-order chi connectivity index (χ1) is 11.6. The van der Waals surface area contributed by atoms with Crippen molar-refractivity contribution in [3.63, 3.8) is 0 Å². The highest BCUT2D eigenvalue weighted by Crippen LogP contribution is 2.29. The lowest BCUT2D eigenvalue weighted by atomic mass is 10.1. The van der Waals surface area contributed by atoms with Gasteiger partial charge in [-0.1, -0.05) is 0 Å². The van der Waals surface area contributed by atoms with E-state index < -0.39 is 0 Å². The van der Waals surface area contributed by atoms with Crippen molar-refractivity contribution < 1.29 is 14.3 Å². The van der Waals surface area contributed by atoms with Gasteiger partial charge in [-0.15, -0.1) is 10.2 Å². The van der Waals surface area contributed by atoms with E-state index in [1.165, 1.54) is 0 Å². The molecule has 0 bridgehead atoms. The predicted octanol–water partition coefficient (Wildman–Crippen LogP) is 1.88. The predicted molar refractivity (Wildman–Crippen MR) is 89.0 cm³/mol. The fourth-order valence-corrected chi connectivity index (χ4v) is 2.34. The first kappa shape index (κ1) is 17.6. The van der Waals surface area contributed by atoms with E-state index in [1.54, 1.807) is 20.5 Å². The molecule has 0 unspecified atom stereocenters. The molecule has 24 heavy (non-hydrogen) atoms. The van der Waals surface area contributed by atoms with E-state index in [4.69, 9.17) is 9.47 Å². The smallest absolute Gasteiger partial charge is 0.315 e. The summed E-state index contributed by atoms with van der Waals surface area (Å²) in [6.07, 6.45) is 1.64. The second-order valence-electron chi connectivity index (χ2n) is 5.19. The Hall–Kier alpha value is -2.77. The number of aromatic nitrogens is 3. The monoisotopic (exact) mass is 333 g/mol. The number of nitrogens with zero attached hydrogens (tertiary/aromatic N) is 3. The van der Waals surface area contributed by atoms with Crippen molar-refractivity contribution >= 4 is 6.03 Å². The van der Waals surface area contributed by atoms with Crippen molar-refractivity contribution in [3.05, 3.63) is 35.9 Å². The van der Waals surface area contributed by atoms with E-state index in [0.29, 0.717) is 23.9 Å². The molecule has 0 saturated carbocycles. The van der Waals surface area contributed by atoms with Crippen LogP contribution in [0.1, 0.15) is 31.3 Å². The van der Waals surface area contributed by atoms with Crippen LogP contribution in [0, 0.1) is 0 Å². The number of benzene rings is 1. The third-order valence-electron chi connectivity index (χ3n) is 3.69. The maximum absolute atomic E-state index is 12.1. The Morgan fingerprint density at radius 1 is 1.33 bits per heavy atom. The van der Waals surface area contributed by atoms with Crippen LogP contribution in [0.2, 0.25) is 0 Å². The van der Waals surface area contributed by atoms with Gasteiger partial charge in [-0.3, -0.25) is 0 Å². The Labute approximate surface area is 141 Å². The van der Waals surface area contributed by atoms with E-state index in [-0.39, 0.29) is 12.1 Å². The molecule has 1 aromatic carbocycles. The summed E-state index contributed by atoms with van der Waals surface area (Å²) >= 11 is 0. The highest BCUT2D eigenvalue weighted by Gasteiger charge is 2.15. The zero-order chi connectivity index (χ0) is 17.5. The van der Waals surface area contributed by atoms with Crippen LogP contribution < -0.4 is 20.1 Å². The minimum absolute atomic E-state index is 0.251. The number of methoxy groups -OCH3 is 2. The molecule has 8 heteroatoms. The number of carbonyl (C=O) groups excluding carboxylic acids is 1. The number of ether oxygens (including phenoxy) is 2. The maximum atomic E-state index is 12.1. The van der Waals surface area contributed by atoms with Crippen LogP contribution in [0.15, 0.2) is 24.5 Å². The van der Waals surface area contributed by atoms with Gasteiger partial charge in [-0.05, 0) is 32.0 Å². The summed E-state index contributed by atoms with van der Waals surface area (Å²) in [4.78, 5) is 12.1. The number of nitrogens with one attached hydrogen (secondary N) is 2. The molecule has 8 nitrogen and oxygen atoms in total. The van der Waals surface area contributed by atoms with Gasteiger partial charge >= 0.3 is 6.03 Å². The summed E-state index contributed by atoms with van der Waals surface area (Å²) in [7, 11) is 3.19. The number of aryl methyl sites for hydroxylation is 1. The van der Waals surface area contributed by atoms with Gasteiger partial charge in [0.2, 0.25) is 0 Å². The molecule has 0 saturated heterocycles. The summed E-state index contributed by atoms with van der Waals surface area (Å²) < 4.78 is 12.4. The van der Waals surface area contributed by atoms with E-state index in [1.807, 2.05) is 36.6 Å². The number of urea groups is 1. The Balaban J connectivity index is 1.98.